The fraction of sp³-hybridized carbons (Fsp3) is 0.387. The van der Waals surface area contributed by atoms with Gasteiger partial charge in [-0.05, 0) is 85.3 Å². The van der Waals surface area contributed by atoms with Gasteiger partial charge in [-0.3, -0.25) is 0 Å². The molecule has 7 nitrogen and oxygen atoms in total. The van der Waals surface area contributed by atoms with E-state index in [9.17, 15) is 9.90 Å². The standard InChI is InChI=1S/C31H37NO6/c1-31(2)37-21-26-19-24(11-14-29(26)38-31)28(33)20-32-16-15-22-9-12-27(13-10-22)36-17-4-3-6-23-7-5-8-25(18-23)30(34)35/h5,7-14,18-19,28,32-33H,3-4,6,15-17,20-21H2,1-2H3,(H,34,35)/t28-/m0/s1. The van der Waals surface area contributed by atoms with Gasteiger partial charge in [-0.15, -0.1) is 0 Å². The quantitative estimate of drug-likeness (QED) is 0.264. The van der Waals surface area contributed by atoms with E-state index >= 15 is 0 Å². The van der Waals surface area contributed by atoms with E-state index in [1.807, 2.05) is 50.2 Å². The van der Waals surface area contributed by atoms with Crippen LogP contribution in [0.4, 0.5) is 0 Å². The summed E-state index contributed by atoms with van der Waals surface area (Å²) >= 11 is 0. The molecule has 0 spiro atoms. The lowest BCUT2D eigenvalue weighted by atomic mass is 10.0. The Balaban J connectivity index is 1.11. The number of carbonyl (C=O) groups is 1. The molecule has 0 unspecified atom stereocenters. The van der Waals surface area contributed by atoms with Crippen molar-refractivity contribution in [2.75, 3.05) is 19.7 Å². The number of fused-ring (bicyclic) bond motifs is 1. The van der Waals surface area contributed by atoms with Crippen molar-refractivity contribution < 1.29 is 29.2 Å². The van der Waals surface area contributed by atoms with Gasteiger partial charge in [0.1, 0.15) is 11.5 Å². The number of aryl methyl sites for hydroxylation is 1. The number of carboxylic acids is 1. The molecular formula is C31H37NO6. The maximum absolute atomic E-state index is 11.1. The Bertz CT molecular complexity index is 1210. The van der Waals surface area contributed by atoms with Crippen LogP contribution in [0, 0.1) is 0 Å². The van der Waals surface area contributed by atoms with Crippen LogP contribution >= 0.6 is 0 Å². The molecule has 0 bridgehead atoms. The number of ether oxygens (including phenoxy) is 3. The molecule has 0 saturated carbocycles. The van der Waals surface area contributed by atoms with E-state index in [0.717, 1.165) is 60.4 Å². The van der Waals surface area contributed by atoms with E-state index in [4.69, 9.17) is 19.3 Å². The summed E-state index contributed by atoms with van der Waals surface area (Å²) in [5.41, 5.74) is 4.36. The second-order valence-corrected chi connectivity index (χ2v) is 10.1. The van der Waals surface area contributed by atoms with Gasteiger partial charge in [-0.25, -0.2) is 4.79 Å². The second-order valence-electron chi connectivity index (χ2n) is 10.1. The van der Waals surface area contributed by atoms with Gasteiger partial charge in [-0.1, -0.05) is 30.3 Å². The third kappa shape index (κ3) is 8.05. The van der Waals surface area contributed by atoms with Crippen LogP contribution in [0.1, 0.15) is 65.4 Å². The molecule has 202 valence electrons. The summed E-state index contributed by atoms with van der Waals surface area (Å²) < 4.78 is 17.4. The minimum Gasteiger partial charge on any atom is -0.494 e. The summed E-state index contributed by atoms with van der Waals surface area (Å²) in [6.45, 7) is 6.09. The smallest absolute Gasteiger partial charge is 0.335 e. The Labute approximate surface area is 224 Å². The summed E-state index contributed by atoms with van der Waals surface area (Å²) in [5, 5.41) is 23.0. The molecule has 0 radical (unpaired) electrons. The third-order valence-corrected chi connectivity index (χ3v) is 6.55. The molecule has 3 aromatic rings. The fourth-order valence-corrected chi connectivity index (χ4v) is 4.39. The van der Waals surface area contributed by atoms with Gasteiger partial charge in [0.25, 0.3) is 0 Å². The fourth-order valence-electron chi connectivity index (χ4n) is 4.39. The Morgan fingerprint density at radius 1 is 1.03 bits per heavy atom. The zero-order chi connectivity index (χ0) is 27.0. The second kappa shape index (κ2) is 12.9. The predicted molar refractivity (Wildman–Crippen MR) is 146 cm³/mol. The normalized spacial score (nSPS) is 14.8. The van der Waals surface area contributed by atoms with Crippen LogP contribution < -0.4 is 14.8 Å². The molecule has 0 fully saturated rings. The van der Waals surface area contributed by atoms with E-state index in [1.54, 1.807) is 18.2 Å². The Kier molecular flexibility index (Phi) is 9.39. The molecule has 1 atom stereocenters. The molecule has 7 heteroatoms. The number of hydrogen-bond donors (Lipinski definition) is 3. The van der Waals surface area contributed by atoms with Crippen molar-refractivity contribution in [3.63, 3.8) is 0 Å². The SMILES string of the molecule is CC1(C)OCc2cc([C@@H](O)CNCCc3ccc(OCCCCc4cccc(C(=O)O)c4)cc3)ccc2O1. The molecule has 0 aromatic heterocycles. The van der Waals surface area contributed by atoms with E-state index in [1.165, 1.54) is 5.56 Å². The molecule has 1 aliphatic rings. The van der Waals surface area contributed by atoms with E-state index < -0.39 is 17.9 Å². The highest BCUT2D eigenvalue weighted by Crippen LogP contribution is 2.32. The van der Waals surface area contributed by atoms with Gasteiger partial charge in [-0.2, -0.15) is 0 Å². The summed E-state index contributed by atoms with van der Waals surface area (Å²) in [4.78, 5) is 11.1. The molecule has 38 heavy (non-hydrogen) atoms. The number of unbranched alkanes of at least 4 members (excludes halogenated alkanes) is 1. The molecule has 0 aliphatic carbocycles. The number of aromatic carboxylic acids is 1. The molecule has 0 amide bonds. The van der Waals surface area contributed by atoms with Gasteiger partial charge in [0.2, 0.25) is 5.79 Å². The lowest BCUT2D eigenvalue weighted by molar-refractivity contribution is -0.180. The molecule has 3 N–H and O–H groups in total. The average molecular weight is 520 g/mol. The van der Waals surface area contributed by atoms with Crippen LogP contribution in [0.15, 0.2) is 66.7 Å². The van der Waals surface area contributed by atoms with Crippen molar-refractivity contribution in [2.45, 2.75) is 58.0 Å². The lowest BCUT2D eigenvalue weighted by Crippen LogP contribution is -2.35. The lowest BCUT2D eigenvalue weighted by Gasteiger charge is -2.33. The first-order valence-corrected chi connectivity index (χ1v) is 13.2. The van der Waals surface area contributed by atoms with Crippen LogP contribution in [-0.4, -0.2) is 41.7 Å². The van der Waals surface area contributed by atoms with Crippen LogP contribution in [0.3, 0.4) is 0 Å². The highest BCUT2D eigenvalue weighted by atomic mass is 16.7. The van der Waals surface area contributed by atoms with Crippen molar-refractivity contribution in [1.82, 2.24) is 5.32 Å². The van der Waals surface area contributed by atoms with Gasteiger partial charge in [0.15, 0.2) is 0 Å². The van der Waals surface area contributed by atoms with Gasteiger partial charge in [0, 0.05) is 26.0 Å². The number of nitrogens with one attached hydrogen (secondary N) is 1. The van der Waals surface area contributed by atoms with Crippen LogP contribution in [0.25, 0.3) is 0 Å². The maximum atomic E-state index is 11.1. The molecular weight excluding hydrogens is 482 g/mol. The molecule has 4 rings (SSSR count). The molecule has 1 aliphatic heterocycles. The van der Waals surface area contributed by atoms with Crippen LogP contribution in [-0.2, 0) is 24.2 Å². The summed E-state index contributed by atoms with van der Waals surface area (Å²) in [6, 6.07) is 21.0. The third-order valence-electron chi connectivity index (χ3n) is 6.55. The van der Waals surface area contributed by atoms with Gasteiger partial charge >= 0.3 is 5.97 Å². The zero-order valence-electron chi connectivity index (χ0n) is 22.1. The predicted octanol–water partition coefficient (Wildman–Crippen LogP) is 5.30. The van der Waals surface area contributed by atoms with Crippen LogP contribution in [0.2, 0.25) is 0 Å². The first kappa shape index (κ1) is 27.6. The minimum atomic E-state index is -0.895. The highest BCUT2D eigenvalue weighted by molar-refractivity contribution is 5.87. The maximum Gasteiger partial charge on any atom is 0.335 e. The summed E-state index contributed by atoms with van der Waals surface area (Å²) in [7, 11) is 0. The zero-order valence-corrected chi connectivity index (χ0v) is 22.1. The molecule has 3 aromatic carbocycles. The number of carboxylic acid groups (broad SMARTS) is 1. The summed E-state index contributed by atoms with van der Waals surface area (Å²) in [6.07, 6.45) is 2.91. The summed E-state index contributed by atoms with van der Waals surface area (Å²) in [5.74, 6) is 0.126. The van der Waals surface area contributed by atoms with E-state index in [-0.39, 0.29) is 0 Å². The Morgan fingerprint density at radius 3 is 2.63 bits per heavy atom. The highest BCUT2D eigenvalue weighted by Gasteiger charge is 2.27. The van der Waals surface area contributed by atoms with Crippen molar-refractivity contribution in [3.05, 3.63) is 94.5 Å². The topological polar surface area (TPSA) is 97.2 Å². The largest absolute Gasteiger partial charge is 0.494 e. The minimum absolute atomic E-state index is 0.329. The first-order valence-electron chi connectivity index (χ1n) is 13.2. The van der Waals surface area contributed by atoms with Gasteiger partial charge in [0.05, 0.1) is 24.9 Å². The number of rotatable bonds is 13. The van der Waals surface area contributed by atoms with E-state index in [0.29, 0.717) is 25.3 Å². The first-order chi connectivity index (χ1) is 18.3. The van der Waals surface area contributed by atoms with E-state index in [2.05, 4.69) is 17.4 Å². The molecule has 0 saturated heterocycles. The number of hydrogen-bond acceptors (Lipinski definition) is 6. The number of aliphatic hydroxyl groups is 1. The molecule has 1 heterocycles. The van der Waals surface area contributed by atoms with Crippen molar-refractivity contribution >= 4 is 5.97 Å². The van der Waals surface area contributed by atoms with Crippen molar-refractivity contribution in [3.8, 4) is 11.5 Å². The number of aliphatic hydroxyl groups excluding tert-OH is 1. The van der Waals surface area contributed by atoms with Crippen molar-refractivity contribution in [2.24, 2.45) is 0 Å². The van der Waals surface area contributed by atoms with Gasteiger partial charge < -0.3 is 29.7 Å². The Hall–Kier alpha value is -3.39. The Morgan fingerprint density at radius 2 is 1.84 bits per heavy atom. The average Bonchev–Trinajstić information content (AvgIpc) is 2.91. The monoisotopic (exact) mass is 519 g/mol. The number of benzene rings is 3. The van der Waals surface area contributed by atoms with Crippen LogP contribution in [0.5, 0.6) is 11.5 Å². The van der Waals surface area contributed by atoms with Crippen molar-refractivity contribution in [1.29, 1.82) is 0 Å².